The fourth-order valence-electron chi connectivity index (χ4n) is 11.8. The molecule has 0 spiro atoms. The summed E-state index contributed by atoms with van der Waals surface area (Å²) in [5.74, 6) is 5.48. The first kappa shape index (κ1) is 43.6. The zero-order chi connectivity index (χ0) is 40.2. The second kappa shape index (κ2) is 18.8. The third-order valence-electron chi connectivity index (χ3n) is 15.7. The number of carbonyl (C=O) groups excluding carboxylic acids is 5. The first-order valence-electron chi connectivity index (χ1n) is 21.5. The number of cyclic esters (lactones) is 2. The summed E-state index contributed by atoms with van der Waals surface area (Å²) in [5.41, 5.74) is -0.311. The Bertz CT molecular complexity index is 1340. The van der Waals surface area contributed by atoms with Gasteiger partial charge < -0.3 is 28.4 Å². The fourth-order valence-corrected chi connectivity index (χ4v) is 11.8. The van der Waals surface area contributed by atoms with Crippen molar-refractivity contribution in [2.75, 3.05) is 33.5 Å². The van der Waals surface area contributed by atoms with Gasteiger partial charge in [0.25, 0.3) is 0 Å². The van der Waals surface area contributed by atoms with Crippen LogP contribution in [0, 0.1) is 82.9 Å². The smallest absolute Gasteiger partial charge is 0.348 e. The summed E-state index contributed by atoms with van der Waals surface area (Å²) >= 11 is 0. The predicted octanol–water partition coefficient (Wildman–Crippen LogP) is 7.21. The van der Waals surface area contributed by atoms with E-state index in [0.29, 0.717) is 74.3 Å². The highest BCUT2D eigenvalue weighted by atomic mass is 16.6. The molecule has 1 heterocycles. The van der Waals surface area contributed by atoms with E-state index in [9.17, 15) is 24.0 Å². The van der Waals surface area contributed by atoms with E-state index in [4.69, 9.17) is 23.7 Å². The molecule has 6 aliphatic carbocycles. The highest BCUT2D eigenvalue weighted by molar-refractivity contribution is 5.95. The largest absolute Gasteiger partial charge is 0.463 e. The SMILES string of the molecule is CC1C(=O)OC(=O)C1C.CCC1(OC(=O)C(CC2CC3CC2C(C)C3C)OC(C)=O)CC2CCC1C2.COCCOCCOC(=O)C1CC2CC1C(C)C2C. The van der Waals surface area contributed by atoms with Crippen molar-refractivity contribution in [3.63, 3.8) is 0 Å². The van der Waals surface area contributed by atoms with E-state index < -0.39 is 18.0 Å². The molecule has 7 fully saturated rings. The lowest BCUT2D eigenvalue weighted by atomic mass is 9.74. The first-order chi connectivity index (χ1) is 26.1. The molecule has 11 heteroatoms. The van der Waals surface area contributed by atoms with Gasteiger partial charge in [0.15, 0.2) is 6.10 Å². The van der Waals surface area contributed by atoms with Gasteiger partial charge in [0.2, 0.25) is 0 Å². The molecule has 0 N–H and O–H groups in total. The second-order valence-electron chi connectivity index (χ2n) is 18.4. The zero-order valence-electron chi connectivity index (χ0n) is 35.1. The van der Waals surface area contributed by atoms with Gasteiger partial charge in [-0.15, -0.1) is 0 Å². The third-order valence-corrected chi connectivity index (χ3v) is 15.7. The number of hydrogen-bond donors (Lipinski definition) is 0. The van der Waals surface area contributed by atoms with Crippen LogP contribution in [0.4, 0.5) is 0 Å². The van der Waals surface area contributed by atoms with Crippen molar-refractivity contribution in [2.45, 2.75) is 131 Å². The zero-order valence-corrected chi connectivity index (χ0v) is 35.1. The van der Waals surface area contributed by atoms with Crippen molar-refractivity contribution in [1.29, 1.82) is 0 Å². The summed E-state index contributed by atoms with van der Waals surface area (Å²) in [6.45, 7) is 18.2. The molecule has 0 amide bonds. The van der Waals surface area contributed by atoms with Crippen LogP contribution in [0.25, 0.3) is 0 Å². The molecule has 6 saturated carbocycles. The molecular weight excluding hydrogens is 704 g/mol. The van der Waals surface area contributed by atoms with Crippen LogP contribution in [0.15, 0.2) is 0 Å². The molecule has 312 valence electrons. The highest BCUT2D eigenvalue weighted by Gasteiger charge is 2.55. The third kappa shape index (κ3) is 9.78. The Labute approximate surface area is 329 Å². The van der Waals surface area contributed by atoms with E-state index in [0.717, 1.165) is 42.9 Å². The van der Waals surface area contributed by atoms with E-state index in [1.807, 2.05) is 0 Å². The second-order valence-corrected chi connectivity index (χ2v) is 18.4. The molecule has 0 aromatic heterocycles. The van der Waals surface area contributed by atoms with Crippen molar-refractivity contribution in [3.8, 4) is 0 Å². The summed E-state index contributed by atoms with van der Waals surface area (Å²) in [6.07, 6.45) is 10.1. The maximum Gasteiger partial charge on any atom is 0.348 e. The molecule has 55 heavy (non-hydrogen) atoms. The van der Waals surface area contributed by atoms with Gasteiger partial charge in [-0.05, 0) is 129 Å². The maximum atomic E-state index is 13.1. The van der Waals surface area contributed by atoms with Crippen LogP contribution in [-0.2, 0) is 52.4 Å². The Morgan fingerprint density at radius 1 is 0.782 bits per heavy atom. The van der Waals surface area contributed by atoms with Crippen LogP contribution in [0.5, 0.6) is 0 Å². The van der Waals surface area contributed by atoms with Gasteiger partial charge in [0, 0.05) is 14.0 Å². The number of hydrogen-bond acceptors (Lipinski definition) is 11. The van der Waals surface area contributed by atoms with Crippen molar-refractivity contribution in [2.24, 2.45) is 82.9 Å². The minimum absolute atomic E-state index is 0.0124. The molecule has 0 radical (unpaired) electrons. The summed E-state index contributed by atoms with van der Waals surface area (Å²) in [5, 5.41) is 0. The summed E-state index contributed by atoms with van der Waals surface area (Å²) in [7, 11) is 1.64. The quantitative estimate of drug-likeness (QED) is 0.0812. The predicted molar refractivity (Wildman–Crippen MR) is 204 cm³/mol. The topological polar surface area (TPSA) is 141 Å². The van der Waals surface area contributed by atoms with Crippen molar-refractivity contribution in [1.82, 2.24) is 0 Å². The van der Waals surface area contributed by atoms with Crippen LogP contribution >= 0.6 is 0 Å². The molecule has 16 unspecified atom stereocenters. The molecule has 1 saturated heterocycles. The molecule has 7 rings (SSSR count). The van der Waals surface area contributed by atoms with Crippen LogP contribution < -0.4 is 0 Å². The fraction of sp³-hybridized carbons (Fsp3) is 0.886. The van der Waals surface area contributed by atoms with E-state index >= 15 is 0 Å². The summed E-state index contributed by atoms with van der Waals surface area (Å²) < 4.78 is 31.5. The van der Waals surface area contributed by atoms with Crippen LogP contribution in [-0.4, -0.2) is 75.1 Å². The average Bonchev–Trinajstić information content (AvgIpc) is 4.03. The maximum absolute atomic E-state index is 13.1. The number of methoxy groups -OCH3 is 1. The van der Waals surface area contributed by atoms with Crippen molar-refractivity contribution >= 4 is 29.8 Å². The first-order valence-corrected chi connectivity index (χ1v) is 21.5. The molecule has 16 atom stereocenters. The monoisotopic (exact) mass is 774 g/mol. The van der Waals surface area contributed by atoms with Gasteiger partial charge in [0.05, 0.1) is 37.6 Å². The standard InChI is InChI=1S/C23H36O4.C15H26O4.C6H8O3/c1-5-23(12-16-6-7-19(23)8-16)27-22(25)21(26-15(4)24)11-18-9-17-10-20(18)14(3)13(17)2;1-10-11(2)13-8-12(10)9-14(13)15(16)19-7-6-18-5-4-17-3;1-3-4(2)6(8)9-5(3)7/h13-14,16-21H,5-12H2,1-4H3;10-14H,4-9H2,1-3H3;3-4H,1-2H3. The lowest BCUT2D eigenvalue weighted by Crippen LogP contribution is -2.44. The van der Waals surface area contributed by atoms with Gasteiger partial charge in [0.1, 0.15) is 12.2 Å². The van der Waals surface area contributed by atoms with Gasteiger partial charge in [-0.2, -0.15) is 0 Å². The molecule has 0 aromatic carbocycles. The number of fused-ring (bicyclic) bond motifs is 6. The molecule has 11 nitrogen and oxygen atoms in total. The average molecular weight is 775 g/mol. The lowest BCUT2D eigenvalue weighted by molar-refractivity contribution is -0.185. The molecule has 7 aliphatic rings. The number of rotatable bonds is 13. The van der Waals surface area contributed by atoms with Gasteiger partial charge in [-0.25, -0.2) is 4.79 Å². The number of ether oxygens (including phenoxy) is 6. The van der Waals surface area contributed by atoms with Crippen LogP contribution in [0.1, 0.15) is 120 Å². The van der Waals surface area contributed by atoms with Crippen LogP contribution in [0.2, 0.25) is 0 Å². The van der Waals surface area contributed by atoms with Gasteiger partial charge in [-0.3, -0.25) is 19.2 Å². The Morgan fingerprint density at radius 3 is 1.87 bits per heavy atom. The Kier molecular flexibility index (Phi) is 14.9. The summed E-state index contributed by atoms with van der Waals surface area (Å²) in [4.78, 5) is 58.0. The lowest BCUT2D eigenvalue weighted by Gasteiger charge is -2.38. The van der Waals surface area contributed by atoms with E-state index in [-0.39, 0.29) is 41.3 Å². The minimum Gasteiger partial charge on any atom is -0.463 e. The van der Waals surface area contributed by atoms with E-state index in [2.05, 4.69) is 39.4 Å². The molecule has 6 bridgehead atoms. The highest BCUT2D eigenvalue weighted by Crippen LogP contribution is 2.58. The normalized spacial score (nSPS) is 40.9. The van der Waals surface area contributed by atoms with Crippen molar-refractivity contribution in [3.05, 3.63) is 0 Å². The number of esters is 5. The van der Waals surface area contributed by atoms with Gasteiger partial charge in [-0.1, -0.05) is 48.5 Å². The number of carbonyl (C=O) groups is 5. The van der Waals surface area contributed by atoms with Crippen molar-refractivity contribution < 1.29 is 52.4 Å². The van der Waals surface area contributed by atoms with Crippen LogP contribution in [0.3, 0.4) is 0 Å². The Morgan fingerprint density at radius 2 is 1.40 bits per heavy atom. The summed E-state index contributed by atoms with van der Waals surface area (Å²) in [6, 6.07) is 0. The van der Waals surface area contributed by atoms with Gasteiger partial charge >= 0.3 is 29.8 Å². The molecule has 1 aliphatic heterocycles. The van der Waals surface area contributed by atoms with E-state index in [1.165, 1.54) is 45.4 Å². The Hall–Kier alpha value is -2.53. The minimum atomic E-state index is -0.725. The van der Waals surface area contributed by atoms with E-state index in [1.54, 1.807) is 21.0 Å². The Balaban J connectivity index is 0.000000179. The molecular formula is C44H70O11. The molecule has 0 aromatic rings.